The number of likely N-dealkylation sites (tertiary alicyclic amines) is 1. The summed E-state index contributed by atoms with van der Waals surface area (Å²) >= 11 is 0. The number of nitrogens with zero attached hydrogens (tertiary/aromatic N) is 5. The van der Waals surface area contributed by atoms with E-state index < -0.39 is 17.5 Å². The van der Waals surface area contributed by atoms with Gasteiger partial charge in [0, 0.05) is 66.6 Å². The first-order valence-electron chi connectivity index (χ1n) is 10.8. The maximum absolute atomic E-state index is 14.4. The number of halogens is 3. The van der Waals surface area contributed by atoms with Crippen molar-refractivity contribution in [2.45, 2.75) is 13.8 Å². The lowest BCUT2D eigenvalue weighted by Crippen LogP contribution is -2.34. The standard InChI is InChI=1S/C24H22F3N5O/c1-13-5-14(2)30-24(29-13)32-11-15-9-31(10-16(15)12-32)23(33)19-4-3-17(25)6-20(19)22-21(27)7-18(26)8-28-22/h3-8,15-16H,9-12H2,1-2H3. The minimum absolute atomic E-state index is 0.0137. The largest absolute Gasteiger partial charge is 0.340 e. The van der Waals surface area contributed by atoms with Gasteiger partial charge in [0.05, 0.1) is 6.20 Å². The number of rotatable bonds is 3. The Labute approximate surface area is 189 Å². The van der Waals surface area contributed by atoms with Crippen LogP contribution in [-0.2, 0) is 0 Å². The highest BCUT2D eigenvalue weighted by Gasteiger charge is 2.43. The maximum Gasteiger partial charge on any atom is 0.254 e. The molecule has 2 saturated heterocycles. The van der Waals surface area contributed by atoms with Crippen LogP contribution in [0.1, 0.15) is 21.7 Å². The number of hydrogen-bond donors (Lipinski definition) is 0. The summed E-state index contributed by atoms with van der Waals surface area (Å²) in [4.78, 5) is 30.1. The first kappa shape index (κ1) is 21.4. The molecule has 1 aromatic carbocycles. The molecular weight excluding hydrogens is 431 g/mol. The van der Waals surface area contributed by atoms with Crippen molar-refractivity contribution in [2.24, 2.45) is 11.8 Å². The predicted octanol–water partition coefficient (Wildman–Crippen LogP) is 3.78. The molecule has 2 aliphatic rings. The van der Waals surface area contributed by atoms with E-state index in [0.717, 1.165) is 42.8 Å². The zero-order valence-electron chi connectivity index (χ0n) is 18.2. The van der Waals surface area contributed by atoms with Gasteiger partial charge in [0.1, 0.15) is 17.3 Å². The van der Waals surface area contributed by atoms with Gasteiger partial charge >= 0.3 is 0 Å². The SMILES string of the molecule is Cc1cc(C)nc(N2CC3CN(C(=O)c4ccc(F)cc4-c4ncc(F)cc4F)CC3C2)n1. The molecule has 2 atom stereocenters. The van der Waals surface area contributed by atoms with Crippen LogP contribution in [0, 0.1) is 43.1 Å². The second-order valence-corrected chi connectivity index (χ2v) is 8.76. The van der Waals surface area contributed by atoms with Crippen molar-refractivity contribution in [3.05, 3.63) is 70.9 Å². The number of anilines is 1. The molecule has 0 N–H and O–H groups in total. The minimum Gasteiger partial charge on any atom is -0.340 e. The number of aromatic nitrogens is 3. The summed E-state index contributed by atoms with van der Waals surface area (Å²) in [6.07, 6.45) is 0.849. The zero-order valence-corrected chi connectivity index (χ0v) is 18.2. The monoisotopic (exact) mass is 453 g/mol. The van der Waals surface area contributed by atoms with E-state index in [2.05, 4.69) is 19.9 Å². The molecule has 2 aliphatic heterocycles. The molecule has 0 bridgehead atoms. The molecule has 2 fully saturated rings. The van der Waals surface area contributed by atoms with Gasteiger partial charge in [0.2, 0.25) is 5.95 Å². The van der Waals surface area contributed by atoms with Crippen molar-refractivity contribution in [3.63, 3.8) is 0 Å². The Kier molecular flexibility index (Phi) is 5.26. The highest BCUT2D eigenvalue weighted by molar-refractivity contribution is 6.00. The number of benzene rings is 1. The van der Waals surface area contributed by atoms with Crippen molar-refractivity contribution in [2.75, 3.05) is 31.1 Å². The Bertz CT molecular complexity index is 1220. The van der Waals surface area contributed by atoms with Gasteiger partial charge in [-0.25, -0.2) is 23.1 Å². The van der Waals surface area contributed by atoms with Crippen LogP contribution in [0.3, 0.4) is 0 Å². The summed E-state index contributed by atoms with van der Waals surface area (Å²) in [6.45, 7) is 6.41. The van der Waals surface area contributed by atoms with Gasteiger partial charge in [-0.3, -0.25) is 9.78 Å². The summed E-state index contributed by atoms with van der Waals surface area (Å²) in [5.41, 5.74) is 1.73. The third-order valence-corrected chi connectivity index (χ3v) is 6.30. The number of amides is 1. The van der Waals surface area contributed by atoms with E-state index in [1.54, 1.807) is 4.90 Å². The molecule has 1 amide bonds. The van der Waals surface area contributed by atoms with Gasteiger partial charge in [-0.05, 0) is 38.1 Å². The van der Waals surface area contributed by atoms with Crippen molar-refractivity contribution < 1.29 is 18.0 Å². The third kappa shape index (κ3) is 4.03. The number of pyridine rings is 1. The van der Waals surface area contributed by atoms with E-state index in [-0.39, 0.29) is 34.6 Å². The smallest absolute Gasteiger partial charge is 0.254 e. The maximum atomic E-state index is 14.4. The Morgan fingerprint density at radius 2 is 1.58 bits per heavy atom. The molecular formula is C24H22F3N5O. The Morgan fingerprint density at radius 1 is 0.909 bits per heavy atom. The van der Waals surface area contributed by atoms with Crippen LogP contribution in [0.5, 0.6) is 0 Å². The lowest BCUT2D eigenvalue weighted by atomic mass is 10.0. The minimum atomic E-state index is -0.947. The molecule has 5 rings (SSSR count). The van der Waals surface area contributed by atoms with Gasteiger partial charge in [0.15, 0.2) is 5.82 Å². The van der Waals surface area contributed by atoms with Crippen LogP contribution in [0.15, 0.2) is 36.5 Å². The molecule has 3 aromatic rings. The van der Waals surface area contributed by atoms with Gasteiger partial charge < -0.3 is 9.80 Å². The molecule has 170 valence electrons. The first-order valence-corrected chi connectivity index (χ1v) is 10.8. The van der Waals surface area contributed by atoms with Gasteiger partial charge in [-0.2, -0.15) is 0 Å². The van der Waals surface area contributed by atoms with E-state index in [1.165, 1.54) is 6.07 Å². The van der Waals surface area contributed by atoms with Gasteiger partial charge in [-0.15, -0.1) is 0 Å². The molecule has 0 saturated carbocycles. The normalized spacial score (nSPS) is 19.8. The van der Waals surface area contributed by atoms with Crippen LogP contribution >= 0.6 is 0 Å². The van der Waals surface area contributed by atoms with E-state index in [0.29, 0.717) is 25.1 Å². The second-order valence-electron chi connectivity index (χ2n) is 8.76. The number of aryl methyl sites for hydroxylation is 2. The van der Waals surface area contributed by atoms with Crippen LogP contribution in [0.2, 0.25) is 0 Å². The fourth-order valence-corrected chi connectivity index (χ4v) is 4.85. The van der Waals surface area contributed by atoms with Gasteiger partial charge in [-0.1, -0.05) is 0 Å². The quantitative estimate of drug-likeness (QED) is 0.604. The van der Waals surface area contributed by atoms with Crippen molar-refractivity contribution in [3.8, 4) is 11.3 Å². The number of carbonyl (C=O) groups is 1. The average molecular weight is 453 g/mol. The predicted molar refractivity (Wildman–Crippen MR) is 116 cm³/mol. The highest BCUT2D eigenvalue weighted by atomic mass is 19.1. The van der Waals surface area contributed by atoms with Crippen molar-refractivity contribution in [1.82, 2.24) is 19.9 Å². The third-order valence-electron chi connectivity index (χ3n) is 6.30. The molecule has 2 aromatic heterocycles. The summed E-state index contributed by atoms with van der Waals surface area (Å²) in [5.74, 6) is -1.53. The lowest BCUT2D eigenvalue weighted by Gasteiger charge is -2.23. The van der Waals surface area contributed by atoms with Gasteiger partial charge in [0.25, 0.3) is 5.91 Å². The number of hydrogen-bond acceptors (Lipinski definition) is 5. The Morgan fingerprint density at radius 3 is 2.21 bits per heavy atom. The van der Waals surface area contributed by atoms with Crippen LogP contribution in [0.4, 0.5) is 19.1 Å². The van der Waals surface area contributed by atoms with Crippen LogP contribution in [-0.4, -0.2) is 51.9 Å². The molecule has 0 spiro atoms. The Hall–Kier alpha value is -3.49. The molecule has 9 heteroatoms. The van der Waals surface area contributed by atoms with Crippen LogP contribution < -0.4 is 4.90 Å². The fourth-order valence-electron chi connectivity index (χ4n) is 4.85. The van der Waals surface area contributed by atoms with E-state index >= 15 is 0 Å². The molecule has 2 unspecified atom stereocenters. The van der Waals surface area contributed by atoms with E-state index in [1.807, 2.05) is 19.9 Å². The van der Waals surface area contributed by atoms with Crippen LogP contribution in [0.25, 0.3) is 11.3 Å². The van der Waals surface area contributed by atoms with Crippen molar-refractivity contribution in [1.29, 1.82) is 0 Å². The summed E-state index contributed by atoms with van der Waals surface area (Å²) in [6, 6.07) is 6.16. The second kappa shape index (κ2) is 8.13. The molecule has 4 heterocycles. The summed E-state index contributed by atoms with van der Waals surface area (Å²) < 4.78 is 41.6. The Balaban J connectivity index is 1.36. The average Bonchev–Trinajstić information content (AvgIpc) is 3.32. The lowest BCUT2D eigenvalue weighted by molar-refractivity contribution is 0.0783. The van der Waals surface area contributed by atoms with E-state index in [4.69, 9.17) is 0 Å². The highest BCUT2D eigenvalue weighted by Crippen LogP contribution is 2.35. The number of carbonyl (C=O) groups excluding carboxylic acids is 1. The summed E-state index contributed by atoms with van der Waals surface area (Å²) in [7, 11) is 0. The molecule has 6 nitrogen and oxygen atoms in total. The van der Waals surface area contributed by atoms with E-state index in [9.17, 15) is 18.0 Å². The molecule has 33 heavy (non-hydrogen) atoms. The number of fused-ring (bicyclic) bond motifs is 1. The van der Waals surface area contributed by atoms with Crippen molar-refractivity contribution >= 4 is 11.9 Å². The molecule has 0 radical (unpaired) electrons. The fraction of sp³-hybridized carbons (Fsp3) is 0.333. The zero-order chi connectivity index (χ0) is 23.3. The summed E-state index contributed by atoms with van der Waals surface area (Å²) in [5, 5.41) is 0. The molecule has 0 aliphatic carbocycles. The topological polar surface area (TPSA) is 62.2 Å². The first-order chi connectivity index (χ1) is 15.8.